The molecule has 0 unspecified atom stereocenters. The third-order valence-corrected chi connectivity index (χ3v) is 4.82. The maximum absolute atomic E-state index is 11.9. The number of thioether (sulfide) groups is 1. The molecule has 21 heavy (non-hydrogen) atoms. The lowest BCUT2D eigenvalue weighted by Gasteiger charge is -2.28. The van der Waals surface area contributed by atoms with Crippen molar-refractivity contribution in [3.63, 3.8) is 0 Å². The van der Waals surface area contributed by atoms with E-state index in [0.717, 1.165) is 19.3 Å². The van der Waals surface area contributed by atoms with Crippen molar-refractivity contribution in [1.82, 2.24) is 15.1 Å². The smallest absolute Gasteiger partial charge is 0.306 e. The Labute approximate surface area is 127 Å². The summed E-state index contributed by atoms with van der Waals surface area (Å²) in [4.78, 5) is 22.0. The van der Waals surface area contributed by atoms with Gasteiger partial charge in [-0.2, -0.15) is 16.9 Å². The number of nitrogens with one attached hydrogen (secondary N) is 1. The van der Waals surface area contributed by atoms with Gasteiger partial charge in [-0.15, -0.1) is 0 Å². The quantitative estimate of drug-likeness (QED) is 0.640. The van der Waals surface area contributed by atoms with Gasteiger partial charge < -0.3 is 5.32 Å². The summed E-state index contributed by atoms with van der Waals surface area (Å²) < 4.78 is 1.43. The SMILES string of the molecule is CS[C@H]1CCC[C@H](NC(=O)CCn2cc([N+](=O)[O-])cn2)C1. The number of carbonyl (C=O) groups excluding carboxylic acids is 1. The summed E-state index contributed by atoms with van der Waals surface area (Å²) in [7, 11) is 0. The van der Waals surface area contributed by atoms with Crippen LogP contribution in [0.5, 0.6) is 0 Å². The summed E-state index contributed by atoms with van der Waals surface area (Å²) in [5, 5.41) is 18.1. The second-order valence-electron chi connectivity index (χ2n) is 5.26. The molecule has 2 rings (SSSR count). The molecule has 8 heteroatoms. The number of rotatable bonds is 6. The first kappa shape index (κ1) is 15.8. The molecule has 1 amide bonds. The average molecular weight is 312 g/mol. The number of amides is 1. The lowest BCUT2D eigenvalue weighted by molar-refractivity contribution is -0.385. The Kier molecular flexibility index (Phi) is 5.60. The predicted octanol–water partition coefficient (Wildman–Crippen LogP) is 1.97. The van der Waals surface area contributed by atoms with Crippen molar-refractivity contribution in [3.05, 3.63) is 22.5 Å². The molecule has 0 bridgehead atoms. The van der Waals surface area contributed by atoms with Crippen molar-refractivity contribution >= 4 is 23.4 Å². The second-order valence-corrected chi connectivity index (χ2v) is 6.40. The highest BCUT2D eigenvalue weighted by atomic mass is 32.2. The van der Waals surface area contributed by atoms with Crippen LogP contribution >= 0.6 is 11.8 Å². The van der Waals surface area contributed by atoms with Crippen molar-refractivity contribution in [3.8, 4) is 0 Å². The molecule has 0 aliphatic heterocycles. The Morgan fingerprint density at radius 1 is 1.62 bits per heavy atom. The molecule has 1 aromatic rings. The number of aryl methyl sites for hydroxylation is 1. The van der Waals surface area contributed by atoms with Gasteiger partial charge in [-0.05, 0) is 25.5 Å². The zero-order chi connectivity index (χ0) is 15.2. The highest BCUT2D eigenvalue weighted by Gasteiger charge is 2.22. The van der Waals surface area contributed by atoms with Crippen LogP contribution in [-0.4, -0.2) is 38.2 Å². The van der Waals surface area contributed by atoms with Crippen LogP contribution in [-0.2, 0) is 11.3 Å². The second kappa shape index (κ2) is 7.44. The van der Waals surface area contributed by atoms with E-state index in [1.807, 2.05) is 11.8 Å². The molecule has 2 atom stereocenters. The molecule has 0 spiro atoms. The molecule has 1 aliphatic carbocycles. The standard InChI is InChI=1S/C13H20N4O3S/c1-21-12-4-2-3-10(7-12)15-13(18)5-6-16-9-11(8-14-16)17(19)20/h8-10,12H,2-7H2,1H3,(H,15,18)/t10-,12-/m0/s1. The van der Waals surface area contributed by atoms with Crippen LogP contribution < -0.4 is 5.32 Å². The first-order chi connectivity index (χ1) is 10.1. The van der Waals surface area contributed by atoms with E-state index in [1.165, 1.54) is 23.5 Å². The molecule has 1 saturated carbocycles. The fourth-order valence-corrected chi connectivity index (χ4v) is 3.40. The summed E-state index contributed by atoms with van der Waals surface area (Å²) in [6, 6.07) is 0.260. The summed E-state index contributed by atoms with van der Waals surface area (Å²) in [6.45, 7) is 0.359. The normalized spacial score (nSPS) is 22.0. The van der Waals surface area contributed by atoms with Crippen molar-refractivity contribution in [2.45, 2.75) is 49.9 Å². The summed E-state index contributed by atoms with van der Waals surface area (Å²) >= 11 is 1.86. The van der Waals surface area contributed by atoms with Gasteiger partial charge in [-0.3, -0.25) is 19.6 Å². The Morgan fingerprint density at radius 3 is 3.10 bits per heavy atom. The molecule has 1 fully saturated rings. The fraction of sp³-hybridized carbons (Fsp3) is 0.692. The number of nitro groups is 1. The van der Waals surface area contributed by atoms with Gasteiger partial charge in [-0.25, -0.2) is 0 Å². The van der Waals surface area contributed by atoms with Gasteiger partial charge in [0.2, 0.25) is 5.91 Å². The molecule has 0 saturated heterocycles. The zero-order valence-corrected chi connectivity index (χ0v) is 12.8. The van der Waals surface area contributed by atoms with E-state index in [2.05, 4.69) is 16.7 Å². The van der Waals surface area contributed by atoms with Crippen LogP contribution in [0, 0.1) is 10.1 Å². The Hall–Kier alpha value is -1.57. The zero-order valence-electron chi connectivity index (χ0n) is 12.0. The van der Waals surface area contributed by atoms with Crippen LogP contribution in [0.15, 0.2) is 12.4 Å². The van der Waals surface area contributed by atoms with Crippen LogP contribution in [0.25, 0.3) is 0 Å². The number of hydrogen-bond acceptors (Lipinski definition) is 5. The molecule has 1 heterocycles. The van der Waals surface area contributed by atoms with Gasteiger partial charge in [0.1, 0.15) is 12.4 Å². The summed E-state index contributed by atoms with van der Waals surface area (Å²) in [5.41, 5.74) is -0.0505. The average Bonchev–Trinajstić information content (AvgIpc) is 2.94. The first-order valence-corrected chi connectivity index (χ1v) is 8.36. The van der Waals surface area contributed by atoms with E-state index >= 15 is 0 Å². The van der Waals surface area contributed by atoms with E-state index in [9.17, 15) is 14.9 Å². The number of aromatic nitrogens is 2. The Balaban J connectivity index is 1.75. The summed E-state index contributed by atoms with van der Waals surface area (Å²) in [5.74, 6) is -0.0140. The van der Waals surface area contributed by atoms with Crippen LogP contribution in [0.1, 0.15) is 32.1 Å². The molecular weight excluding hydrogens is 292 g/mol. The van der Waals surface area contributed by atoms with Gasteiger partial charge >= 0.3 is 5.69 Å². The third-order valence-electron chi connectivity index (χ3n) is 3.72. The van der Waals surface area contributed by atoms with E-state index < -0.39 is 4.92 Å². The van der Waals surface area contributed by atoms with Gasteiger partial charge in [0, 0.05) is 24.3 Å². The van der Waals surface area contributed by atoms with E-state index in [4.69, 9.17) is 0 Å². The summed E-state index contributed by atoms with van der Waals surface area (Å²) in [6.07, 6.45) is 9.39. The minimum Gasteiger partial charge on any atom is -0.353 e. The van der Waals surface area contributed by atoms with Gasteiger partial charge in [0.25, 0.3) is 0 Å². The van der Waals surface area contributed by atoms with Crippen LogP contribution in [0.3, 0.4) is 0 Å². The van der Waals surface area contributed by atoms with E-state index in [1.54, 1.807) is 0 Å². The van der Waals surface area contributed by atoms with Gasteiger partial charge in [0.15, 0.2) is 0 Å². The molecule has 0 radical (unpaired) electrons. The maximum Gasteiger partial charge on any atom is 0.306 e. The largest absolute Gasteiger partial charge is 0.353 e. The highest BCUT2D eigenvalue weighted by Crippen LogP contribution is 2.26. The molecule has 1 aromatic heterocycles. The van der Waals surface area contributed by atoms with Gasteiger partial charge in [-0.1, -0.05) is 6.42 Å². The van der Waals surface area contributed by atoms with E-state index in [0.29, 0.717) is 18.2 Å². The topological polar surface area (TPSA) is 90.1 Å². The number of carbonyl (C=O) groups is 1. The van der Waals surface area contributed by atoms with Crippen molar-refractivity contribution in [2.24, 2.45) is 0 Å². The van der Waals surface area contributed by atoms with Crippen molar-refractivity contribution in [2.75, 3.05) is 6.26 Å². The Bertz CT molecular complexity index is 505. The number of nitrogens with zero attached hydrogens (tertiary/aromatic N) is 3. The van der Waals surface area contributed by atoms with Crippen molar-refractivity contribution in [1.29, 1.82) is 0 Å². The monoisotopic (exact) mass is 312 g/mol. The number of hydrogen-bond donors (Lipinski definition) is 1. The molecule has 0 aromatic carbocycles. The fourth-order valence-electron chi connectivity index (χ4n) is 2.58. The lowest BCUT2D eigenvalue weighted by Crippen LogP contribution is -2.39. The highest BCUT2D eigenvalue weighted by molar-refractivity contribution is 7.99. The minimum absolute atomic E-state index is 0.0140. The van der Waals surface area contributed by atoms with E-state index in [-0.39, 0.29) is 17.6 Å². The third kappa shape index (κ3) is 4.73. The van der Waals surface area contributed by atoms with Crippen LogP contribution in [0.2, 0.25) is 0 Å². The molecule has 1 aliphatic rings. The molecular formula is C13H20N4O3S. The Morgan fingerprint density at radius 2 is 2.43 bits per heavy atom. The van der Waals surface area contributed by atoms with Crippen LogP contribution in [0.4, 0.5) is 5.69 Å². The lowest BCUT2D eigenvalue weighted by atomic mass is 9.95. The minimum atomic E-state index is -0.492. The molecule has 1 N–H and O–H groups in total. The molecule has 7 nitrogen and oxygen atoms in total. The molecule has 116 valence electrons. The first-order valence-electron chi connectivity index (χ1n) is 7.07. The van der Waals surface area contributed by atoms with Crippen molar-refractivity contribution < 1.29 is 9.72 Å². The predicted molar refractivity (Wildman–Crippen MR) is 81.2 cm³/mol. The van der Waals surface area contributed by atoms with Gasteiger partial charge in [0.05, 0.1) is 4.92 Å². The maximum atomic E-state index is 11.9.